The second-order valence-corrected chi connectivity index (χ2v) is 8.43. The Morgan fingerprint density at radius 2 is 1.71 bits per heavy atom. The van der Waals surface area contributed by atoms with Crippen LogP contribution < -0.4 is 9.64 Å². The van der Waals surface area contributed by atoms with Gasteiger partial charge in [0, 0.05) is 18.1 Å². The molecule has 2 aliphatic heterocycles. The third-order valence-electron chi connectivity index (χ3n) is 6.09. The smallest absolute Gasteiger partial charge is 0.282 e. The van der Waals surface area contributed by atoms with Crippen molar-refractivity contribution in [3.05, 3.63) is 64.8 Å². The molecular weight excluding hydrogens is 414 g/mol. The van der Waals surface area contributed by atoms with Gasteiger partial charge < -0.3 is 14.5 Å². The monoisotopic (exact) mass is 439 g/mol. The summed E-state index contributed by atoms with van der Waals surface area (Å²) < 4.78 is 5.43. The predicted octanol–water partition coefficient (Wildman–Crippen LogP) is 3.66. The van der Waals surface area contributed by atoms with E-state index in [1.54, 1.807) is 18.2 Å². The zero-order valence-electron chi connectivity index (χ0n) is 18.0. The minimum absolute atomic E-state index is 0.183. The van der Waals surface area contributed by atoms with Crippen molar-refractivity contribution in [2.45, 2.75) is 18.9 Å². The Balaban J connectivity index is 1.81. The lowest BCUT2D eigenvalue weighted by Crippen LogP contribution is -2.43. The highest BCUT2D eigenvalue weighted by Crippen LogP contribution is 2.40. The van der Waals surface area contributed by atoms with Crippen molar-refractivity contribution in [2.75, 3.05) is 39.2 Å². The van der Waals surface area contributed by atoms with Crippen LogP contribution in [0.5, 0.6) is 5.75 Å². The molecule has 2 aliphatic rings. The number of nitrogens with zero attached hydrogens (tertiary/aromatic N) is 3. The fourth-order valence-electron chi connectivity index (χ4n) is 4.33. The number of benzene rings is 2. The molecule has 2 aromatic carbocycles. The second-order valence-electron chi connectivity index (χ2n) is 8.00. The zero-order chi connectivity index (χ0) is 22.1. The first kappa shape index (κ1) is 21.4. The van der Waals surface area contributed by atoms with E-state index in [4.69, 9.17) is 16.3 Å². The highest BCUT2D eigenvalue weighted by Gasteiger charge is 2.44. The fraction of sp³-hybridized carbons (Fsp3) is 0.333. The van der Waals surface area contributed by atoms with Crippen LogP contribution in [0.1, 0.15) is 18.4 Å². The molecule has 2 heterocycles. The van der Waals surface area contributed by atoms with Gasteiger partial charge in [-0.1, -0.05) is 41.9 Å². The van der Waals surface area contributed by atoms with Crippen LogP contribution in [0.3, 0.4) is 0 Å². The van der Waals surface area contributed by atoms with E-state index in [-0.39, 0.29) is 17.9 Å². The normalized spacial score (nSPS) is 18.1. The Bertz CT molecular complexity index is 1030. The van der Waals surface area contributed by atoms with Crippen LogP contribution in [0.25, 0.3) is 5.57 Å². The van der Waals surface area contributed by atoms with E-state index >= 15 is 0 Å². The number of amides is 2. The van der Waals surface area contributed by atoms with E-state index in [9.17, 15) is 9.59 Å². The zero-order valence-corrected chi connectivity index (χ0v) is 18.7. The fourth-order valence-corrected chi connectivity index (χ4v) is 4.50. The van der Waals surface area contributed by atoms with Crippen LogP contribution in [0.2, 0.25) is 5.02 Å². The maximum Gasteiger partial charge on any atom is 0.282 e. The lowest BCUT2D eigenvalue weighted by molar-refractivity contribution is -0.120. The molecule has 0 saturated carbocycles. The maximum atomic E-state index is 13.7. The number of carbonyl (C=O) groups is 2. The molecule has 0 atom stereocenters. The van der Waals surface area contributed by atoms with Crippen molar-refractivity contribution in [1.82, 2.24) is 9.80 Å². The third-order valence-corrected chi connectivity index (χ3v) is 6.33. The summed E-state index contributed by atoms with van der Waals surface area (Å²) in [5.74, 6) is -0.306. The highest BCUT2D eigenvalue weighted by atomic mass is 35.5. The summed E-state index contributed by atoms with van der Waals surface area (Å²) in [4.78, 5) is 32.8. The number of methoxy groups -OCH3 is 1. The molecule has 1 saturated heterocycles. The number of rotatable bonds is 5. The van der Waals surface area contributed by atoms with Crippen LogP contribution in [-0.4, -0.2) is 62.0 Å². The van der Waals surface area contributed by atoms with Crippen molar-refractivity contribution in [3.63, 3.8) is 0 Å². The van der Waals surface area contributed by atoms with E-state index in [1.807, 2.05) is 42.3 Å². The summed E-state index contributed by atoms with van der Waals surface area (Å²) >= 11 is 6.20. The van der Waals surface area contributed by atoms with Crippen molar-refractivity contribution in [3.8, 4) is 5.75 Å². The molecule has 0 spiro atoms. The van der Waals surface area contributed by atoms with E-state index in [0.717, 1.165) is 31.5 Å². The number of piperidine rings is 1. The number of imide groups is 1. The molecule has 31 heavy (non-hydrogen) atoms. The minimum Gasteiger partial charge on any atom is -0.495 e. The van der Waals surface area contributed by atoms with Crippen LogP contribution in [0.4, 0.5) is 5.69 Å². The predicted molar refractivity (Wildman–Crippen MR) is 122 cm³/mol. The van der Waals surface area contributed by atoms with Gasteiger partial charge in [-0.25, -0.2) is 4.90 Å². The molecule has 2 aromatic rings. The van der Waals surface area contributed by atoms with Gasteiger partial charge in [0.15, 0.2) is 0 Å². The third kappa shape index (κ3) is 3.93. The average molecular weight is 440 g/mol. The second kappa shape index (κ2) is 8.73. The van der Waals surface area contributed by atoms with E-state index in [1.165, 1.54) is 12.0 Å². The highest BCUT2D eigenvalue weighted by molar-refractivity contribution is 6.46. The van der Waals surface area contributed by atoms with Gasteiger partial charge in [0.1, 0.15) is 11.4 Å². The lowest BCUT2D eigenvalue weighted by Gasteiger charge is -2.36. The van der Waals surface area contributed by atoms with Crippen molar-refractivity contribution < 1.29 is 14.3 Å². The number of hydrogen-bond donors (Lipinski definition) is 0. The summed E-state index contributed by atoms with van der Waals surface area (Å²) in [6.45, 7) is 1.91. The van der Waals surface area contributed by atoms with Crippen molar-refractivity contribution >= 4 is 34.7 Å². The molecule has 0 aliphatic carbocycles. The summed E-state index contributed by atoms with van der Waals surface area (Å²) in [7, 11) is 5.52. The molecule has 1 fully saturated rings. The van der Waals surface area contributed by atoms with Gasteiger partial charge in [-0.15, -0.1) is 0 Å². The van der Waals surface area contributed by atoms with Crippen LogP contribution in [-0.2, 0) is 9.59 Å². The van der Waals surface area contributed by atoms with Crippen LogP contribution in [0.15, 0.2) is 54.2 Å². The molecule has 6 nitrogen and oxygen atoms in total. The van der Waals surface area contributed by atoms with Gasteiger partial charge in [0.05, 0.1) is 18.4 Å². The topological polar surface area (TPSA) is 53.1 Å². The number of likely N-dealkylation sites (tertiary alicyclic amines) is 1. The minimum atomic E-state index is -0.369. The first-order valence-electron chi connectivity index (χ1n) is 10.4. The number of hydrogen-bond acceptors (Lipinski definition) is 5. The Morgan fingerprint density at radius 3 is 2.35 bits per heavy atom. The SMILES string of the molecule is COc1ccc(Cl)cc1N1C(=O)C(c2ccccc2)=C(N(C)C2CCN(C)CC2)C1=O. The molecule has 162 valence electrons. The Kier molecular flexibility index (Phi) is 6.03. The summed E-state index contributed by atoms with van der Waals surface area (Å²) in [6.07, 6.45) is 1.86. The molecule has 0 aromatic heterocycles. The standard InChI is InChI=1S/C24H26ClN3O3/c1-26-13-11-18(12-14-26)27(2)22-21(16-7-5-4-6-8-16)23(29)28(24(22)30)19-15-17(25)9-10-20(19)31-3/h4-10,15,18H,11-14H2,1-3H3. The number of carbonyl (C=O) groups excluding carboxylic acids is 2. The van der Waals surface area contributed by atoms with E-state index in [2.05, 4.69) is 11.9 Å². The molecule has 2 amide bonds. The van der Waals surface area contributed by atoms with E-state index in [0.29, 0.717) is 27.7 Å². The Morgan fingerprint density at radius 1 is 1.03 bits per heavy atom. The number of likely N-dealkylation sites (N-methyl/N-ethyl adjacent to an activating group) is 1. The molecule has 0 bridgehead atoms. The van der Waals surface area contributed by atoms with E-state index < -0.39 is 0 Å². The number of halogens is 1. The summed E-state index contributed by atoms with van der Waals surface area (Å²) in [6, 6.07) is 14.5. The average Bonchev–Trinajstić information content (AvgIpc) is 3.04. The van der Waals surface area contributed by atoms with Gasteiger partial charge in [0.2, 0.25) is 0 Å². The van der Waals surface area contributed by atoms with Gasteiger partial charge in [-0.05, 0) is 56.7 Å². The van der Waals surface area contributed by atoms with Crippen molar-refractivity contribution in [1.29, 1.82) is 0 Å². The molecule has 0 N–H and O–H groups in total. The van der Waals surface area contributed by atoms with Gasteiger partial charge in [-0.2, -0.15) is 0 Å². The van der Waals surface area contributed by atoms with Crippen molar-refractivity contribution in [2.24, 2.45) is 0 Å². The maximum absolute atomic E-state index is 13.7. The van der Waals surface area contributed by atoms with Crippen LogP contribution >= 0.6 is 11.6 Å². The quantitative estimate of drug-likeness (QED) is 0.665. The van der Waals surface area contributed by atoms with Gasteiger partial charge in [-0.3, -0.25) is 9.59 Å². The van der Waals surface area contributed by atoms with Gasteiger partial charge in [0.25, 0.3) is 11.8 Å². The molecular formula is C24H26ClN3O3. The Labute approximate surface area is 187 Å². The lowest BCUT2D eigenvalue weighted by atomic mass is 10.0. The number of anilines is 1. The Hall–Kier alpha value is -2.83. The molecule has 4 rings (SSSR count). The van der Waals surface area contributed by atoms with Crippen LogP contribution in [0, 0.1) is 0 Å². The largest absolute Gasteiger partial charge is 0.495 e. The summed E-state index contributed by atoms with van der Waals surface area (Å²) in [5, 5.41) is 0.426. The number of ether oxygens (including phenoxy) is 1. The molecule has 0 unspecified atom stereocenters. The first-order chi connectivity index (χ1) is 14.9. The molecule has 0 radical (unpaired) electrons. The summed E-state index contributed by atoms with van der Waals surface area (Å²) in [5.41, 5.74) is 1.91. The molecule has 7 heteroatoms. The van der Waals surface area contributed by atoms with Gasteiger partial charge >= 0.3 is 0 Å². The first-order valence-corrected chi connectivity index (χ1v) is 10.7.